The van der Waals surface area contributed by atoms with Crippen LogP contribution in [-0.4, -0.2) is 29.4 Å². The second-order valence-electron chi connectivity index (χ2n) is 8.02. The molecule has 158 valence electrons. The Morgan fingerprint density at radius 3 is 2.48 bits per heavy atom. The first-order valence-electron chi connectivity index (χ1n) is 10.4. The highest BCUT2D eigenvalue weighted by Gasteiger charge is 2.46. The fourth-order valence-electron chi connectivity index (χ4n) is 4.09. The van der Waals surface area contributed by atoms with Crippen molar-refractivity contribution in [2.75, 3.05) is 7.11 Å². The fraction of sp³-hybridized carbons (Fsp3) is 0.231. The maximum absolute atomic E-state index is 13.5. The number of hydrogen-bond acceptors (Lipinski definition) is 3. The topological polar surface area (TPSA) is 58.6 Å². The Morgan fingerprint density at radius 1 is 1.00 bits per heavy atom. The summed E-state index contributed by atoms with van der Waals surface area (Å²) in [7, 11) is 1.61. The van der Waals surface area contributed by atoms with E-state index >= 15 is 0 Å². The zero-order valence-corrected chi connectivity index (χ0v) is 17.8. The summed E-state index contributed by atoms with van der Waals surface area (Å²) in [6.45, 7) is 2.58. The van der Waals surface area contributed by atoms with E-state index in [0.29, 0.717) is 25.1 Å². The van der Waals surface area contributed by atoms with Crippen molar-refractivity contribution in [1.29, 1.82) is 0 Å². The highest BCUT2D eigenvalue weighted by Crippen LogP contribution is 2.33. The van der Waals surface area contributed by atoms with Crippen LogP contribution in [-0.2, 0) is 24.3 Å². The first-order valence-corrected chi connectivity index (χ1v) is 10.4. The minimum atomic E-state index is -1.01. The van der Waals surface area contributed by atoms with Crippen LogP contribution in [0.5, 0.6) is 5.75 Å². The van der Waals surface area contributed by atoms with Gasteiger partial charge in [0.05, 0.1) is 7.11 Å². The lowest BCUT2D eigenvalue weighted by atomic mass is 9.82. The summed E-state index contributed by atoms with van der Waals surface area (Å²) in [4.78, 5) is 28.6. The van der Waals surface area contributed by atoms with Gasteiger partial charge in [-0.15, -0.1) is 0 Å². The third-order valence-corrected chi connectivity index (χ3v) is 5.88. The molecule has 31 heavy (non-hydrogen) atoms. The van der Waals surface area contributed by atoms with Gasteiger partial charge in [-0.2, -0.15) is 0 Å². The molecule has 1 aliphatic heterocycles. The van der Waals surface area contributed by atoms with Gasteiger partial charge in [0.25, 0.3) is 5.91 Å². The minimum absolute atomic E-state index is 0.137. The van der Waals surface area contributed by atoms with Gasteiger partial charge in [-0.25, -0.2) is 0 Å². The van der Waals surface area contributed by atoms with E-state index in [0.717, 1.165) is 22.4 Å². The lowest BCUT2D eigenvalue weighted by Gasteiger charge is -2.44. The number of amides is 2. The third kappa shape index (κ3) is 4.17. The molecule has 0 aromatic heterocycles. The van der Waals surface area contributed by atoms with Gasteiger partial charge in [-0.3, -0.25) is 9.59 Å². The summed E-state index contributed by atoms with van der Waals surface area (Å²) in [6, 6.07) is 24.9. The molecular formula is C26H26N2O3. The number of rotatable bonds is 6. The van der Waals surface area contributed by atoms with Crippen LogP contribution in [0.3, 0.4) is 0 Å². The summed E-state index contributed by atoms with van der Waals surface area (Å²) in [6.07, 6.45) is 0.458. The van der Waals surface area contributed by atoms with E-state index in [1.54, 1.807) is 12.0 Å². The molecule has 0 aliphatic carbocycles. The summed E-state index contributed by atoms with van der Waals surface area (Å²) >= 11 is 0. The Balaban J connectivity index is 1.66. The Kier molecular flexibility index (Phi) is 5.76. The van der Waals surface area contributed by atoms with Crippen molar-refractivity contribution in [3.63, 3.8) is 0 Å². The Morgan fingerprint density at radius 2 is 1.71 bits per heavy atom. The molecule has 4 rings (SSSR count). The lowest BCUT2D eigenvalue weighted by Crippen LogP contribution is -2.62. The highest BCUT2D eigenvalue weighted by molar-refractivity contribution is 6.02. The van der Waals surface area contributed by atoms with E-state index in [1.165, 1.54) is 0 Å². The lowest BCUT2D eigenvalue weighted by molar-refractivity contribution is -0.132. The zero-order chi connectivity index (χ0) is 21.8. The van der Waals surface area contributed by atoms with E-state index in [2.05, 4.69) is 5.32 Å². The van der Waals surface area contributed by atoms with Gasteiger partial charge >= 0.3 is 0 Å². The molecule has 3 aromatic carbocycles. The largest absolute Gasteiger partial charge is 0.497 e. The predicted molar refractivity (Wildman–Crippen MR) is 120 cm³/mol. The van der Waals surface area contributed by atoms with Crippen molar-refractivity contribution in [1.82, 2.24) is 10.2 Å². The number of nitrogens with zero attached hydrogens (tertiary/aromatic N) is 1. The highest BCUT2D eigenvalue weighted by atomic mass is 16.5. The standard InChI is InChI=1S/C26H26N2O3/c1-26(25(30)27-17-19-9-4-3-5-10-19)16-21-12-6-7-14-23(21)24(29)28(26)18-20-11-8-13-22(15-20)31-2/h3-15H,16-18H2,1-2H3,(H,27,30). The fourth-order valence-corrected chi connectivity index (χ4v) is 4.09. The molecule has 1 aliphatic rings. The van der Waals surface area contributed by atoms with Crippen molar-refractivity contribution in [2.24, 2.45) is 0 Å². The van der Waals surface area contributed by atoms with Crippen molar-refractivity contribution >= 4 is 11.8 Å². The number of methoxy groups -OCH3 is 1. The maximum Gasteiger partial charge on any atom is 0.255 e. The van der Waals surface area contributed by atoms with Crippen molar-refractivity contribution < 1.29 is 14.3 Å². The number of nitrogens with one attached hydrogen (secondary N) is 1. The second kappa shape index (κ2) is 8.64. The number of benzene rings is 3. The molecule has 1 atom stereocenters. The second-order valence-corrected chi connectivity index (χ2v) is 8.02. The van der Waals surface area contributed by atoms with E-state index in [4.69, 9.17) is 4.74 Å². The van der Waals surface area contributed by atoms with Gasteiger partial charge in [0, 0.05) is 25.1 Å². The molecule has 5 nitrogen and oxygen atoms in total. The summed E-state index contributed by atoms with van der Waals surface area (Å²) in [5, 5.41) is 3.04. The number of hydrogen-bond donors (Lipinski definition) is 1. The molecule has 0 radical (unpaired) electrons. The van der Waals surface area contributed by atoms with Gasteiger partial charge in [0.1, 0.15) is 11.3 Å². The van der Waals surface area contributed by atoms with Crippen LogP contribution < -0.4 is 10.1 Å². The number of ether oxygens (including phenoxy) is 1. The number of carbonyl (C=O) groups is 2. The zero-order valence-electron chi connectivity index (χ0n) is 17.8. The van der Waals surface area contributed by atoms with Crippen LogP contribution in [0.1, 0.15) is 34.0 Å². The van der Waals surface area contributed by atoms with Gasteiger partial charge < -0.3 is 15.0 Å². The normalized spacial score (nSPS) is 17.7. The molecule has 1 heterocycles. The van der Waals surface area contributed by atoms with Crippen LogP contribution in [0.15, 0.2) is 78.9 Å². The minimum Gasteiger partial charge on any atom is -0.497 e. The van der Waals surface area contributed by atoms with E-state index in [-0.39, 0.29) is 11.8 Å². The van der Waals surface area contributed by atoms with Crippen molar-refractivity contribution in [3.05, 3.63) is 101 Å². The molecule has 0 spiro atoms. The van der Waals surface area contributed by atoms with Crippen molar-refractivity contribution in [3.8, 4) is 5.75 Å². The maximum atomic E-state index is 13.5. The summed E-state index contributed by atoms with van der Waals surface area (Å²) in [5.74, 6) is 0.418. The first-order chi connectivity index (χ1) is 15.0. The number of carbonyl (C=O) groups excluding carboxylic acids is 2. The monoisotopic (exact) mass is 414 g/mol. The van der Waals surface area contributed by atoms with Gasteiger partial charge in [-0.1, -0.05) is 60.7 Å². The molecular weight excluding hydrogens is 388 g/mol. The first kappa shape index (κ1) is 20.7. The SMILES string of the molecule is COc1cccc(CN2C(=O)c3ccccc3CC2(C)C(=O)NCc2ccccc2)c1. The Labute approximate surface area is 182 Å². The molecule has 0 saturated carbocycles. The molecule has 0 bridgehead atoms. The smallest absolute Gasteiger partial charge is 0.255 e. The molecule has 5 heteroatoms. The van der Waals surface area contributed by atoms with Gasteiger partial charge in [0.2, 0.25) is 5.91 Å². The van der Waals surface area contributed by atoms with Crippen LogP contribution >= 0.6 is 0 Å². The molecule has 1 unspecified atom stereocenters. The van der Waals surface area contributed by atoms with E-state index in [9.17, 15) is 9.59 Å². The van der Waals surface area contributed by atoms with Crippen LogP contribution in [0.4, 0.5) is 0 Å². The van der Waals surface area contributed by atoms with Crippen LogP contribution in [0.25, 0.3) is 0 Å². The summed E-state index contributed by atoms with van der Waals surface area (Å²) < 4.78 is 5.33. The van der Waals surface area contributed by atoms with Crippen LogP contribution in [0, 0.1) is 0 Å². The molecule has 2 amide bonds. The Hall–Kier alpha value is -3.60. The average Bonchev–Trinajstić information content (AvgIpc) is 2.81. The predicted octanol–water partition coefficient (Wildman–Crippen LogP) is 3.97. The average molecular weight is 415 g/mol. The van der Waals surface area contributed by atoms with E-state index in [1.807, 2.05) is 85.8 Å². The van der Waals surface area contributed by atoms with Crippen LogP contribution in [0.2, 0.25) is 0 Å². The molecule has 0 fully saturated rings. The molecule has 1 N–H and O–H groups in total. The summed E-state index contributed by atoms with van der Waals surface area (Å²) in [5.41, 5.74) is 2.46. The number of fused-ring (bicyclic) bond motifs is 1. The van der Waals surface area contributed by atoms with Gasteiger partial charge in [-0.05, 0) is 41.8 Å². The molecule has 0 saturated heterocycles. The van der Waals surface area contributed by atoms with E-state index < -0.39 is 5.54 Å². The molecule has 3 aromatic rings. The van der Waals surface area contributed by atoms with Crippen molar-refractivity contribution in [2.45, 2.75) is 32.0 Å². The third-order valence-electron chi connectivity index (χ3n) is 5.88. The Bertz CT molecular complexity index is 1100. The van der Waals surface area contributed by atoms with Gasteiger partial charge in [0.15, 0.2) is 0 Å². The quantitative estimate of drug-likeness (QED) is 0.664.